The zero-order valence-electron chi connectivity index (χ0n) is 10.7. The van der Waals surface area contributed by atoms with Crippen molar-refractivity contribution in [2.45, 2.75) is 44.2 Å². The van der Waals surface area contributed by atoms with Gasteiger partial charge in [0.15, 0.2) is 17.5 Å². The highest BCUT2D eigenvalue weighted by Crippen LogP contribution is 2.25. The highest BCUT2D eigenvalue weighted by Gasteiger charge is 2.19. The highest BCUT2D eigenvalue weighted by atomic mass is 19.2. The molecule has 1 aliphatic rings. The van der Waals surface area contributed by atoms with Gasteiger partial charge in [-0.2, -0.15) is 0 Å². The lowest BCUT2D eigenvalue weighted by Gasteiger charge is -2.15. The number of hydrogen-bond donors (Lipinski definition) is 1. The predicted octanol–water partition coefficient (Wildman–Crippen LogP) is 3.45. The average molecular weight is 273 g/mol. The van der Waals surface area contributed by atoms with Crippen molar-refractivity contribution in [2.75, 3.05) is 6.61 Å². The van der Waals surface area contributed by atoms with Crippen LogP contribution in [0.4, 0.5) is 13.2 Å². The molecule has 1 heterocycles. The number of ether oxygens (including phenoxy) is 1. The highest BCUT2D eigenvalue weighted by molar-refractivity contribution is 5.23. The van der Waals surface area contributed by atoms with Gasteiger partial charge in [0.25, 0.3) is 0 Å². The second kappa shape index (κ2) is 6.39. The molecule has 0 radical (unpaired) electrons. The summed E-state index contributed by atoms with van der Waals surface area (Å²) in [6, 6.07) is 1.51. The topological polar surface area (TPSA) is 35.2 Å². The van der Waals surface area contributed by atoms with Crippen LogP contribution in [-0.2, 0) is 4.74 Å². The lowest BCUT2D eigenvalue weighted by Crippen LogP contribution is -2.15. The monoisotopic (exact) mass is 273 g/mol. The van der Waals surface area contributed by atoms with Crippen molar-refractivity contribution in [1.29, 1.82) is 0 Å². The Morgan fingerprint density at radius 3 is 2.74 bits per heavy atom. The molecule has 1 saturated heterocycles. The Balaban J connectivity index is 1.88. The first-order valence-corrected chi connectivity index (χ1v) is 6.60. The Morgan fingerprint density at radius 1 is 1.26 bits per heavy atom. The van der Waals surface area contributed by atoms with Gasteiger partial charge in [-0.05, 0) is 38.2 Å². The van der Waals surface area contributed by atoms with Crippen LogP contribution < -0.4 is 5.73 Å². The zero-order chi connectivity index (χ0) is 13.8. The van der Waals surface area contributed by atoms with Crippen LogP contribution in [0.25, 0.3) is 0 Å². The van der Waals surface area contributed by atoms with Crippen LogP contribution in [0.3, 0.4) is 0 Å². The molecule has 19 heavy (non-hydrogen) atoms. The first-order chi connectivity index (χ1) is 9.09. The summed E-state index contributed by atoms with van der Waals surface area (Å²) in [6.07, 6.45) is 4.58. The molecule has 0 bridgehead atoms. The van der Waals surface area contributed by atoms with Crippen molar-refractivity contribution < 1.29 is 17.9 Å². The van der Waals surface area contributed by atoms with Crippen LogP contribution in [0, 0.1) is 17.5 Å². The molecule has 1 aromatic carbocycles. The first kappa shape index (κ1) is 14.3. The number of benzene rings is 1. The van der Waals surface area contributed by atoms with Gasteiger partial charge in [-0.15, -0.1) is 0 Å². The fourth-order valence-electron chi connectivity index (χ4n) is 2.42. The fourth-order valence-corrected chi connectivity index (χ4v) is 2.42. The summed E-state index contributed by atoms with van der Waals surface area (Å²) in [6.45, 7) is 0.800. The van der Waals surface area contributed by atoms with Gasteiger partial charge in [-0.1, -0.05) is 6.07 Å². The molecule has 2 rings (SSSR count). The smallest absolute Gasteiger partial charge is 0.194 e. The fraction of sp³-hybridized carbons (Fsp3) is 0.571. The van der Waals surface area contributed by atoms with E-state index < -0.39 is 23.5 Å². The van der Waals surface area contributed by atoms with E-state index in [9.17, 15) is 13.2 Å². The van der Waals surface area contributed by atoms with E-state index in [4.69, 9.17) is 10.5 Å². The summed E-state index contributed by atoms with van der Waals surface area (Å²) in [4.78, 5) is 0. The van der Waals surface area contributed by atoms with E-state index in [0.717, 1.165) is 38.4 Å². The first-order valence-electron chi connectivity index (χ1n) is 6.60. The van der Waals surface area contributed by atoms with Gasteiger partial charge >= 0.3 is 0 Å². The molecule has 1 aromatic rings. The van der Waals surface area contributed by atoms with Gasteiger partial charge in [0.05, 0.1) is 6.10 Å². The minimum Gasteiger partial charge on any atom is -0.378 e. The van der Waals surface area contributed by atoms with E-state index in [-0.39, 0.29) is 11.7 Å². The molecule has 0 aliphatic carbocycles. The molecule has 106 valence electrons. The van der Waals surface area contributed by atoms with Crippen molar-refractivity contribution >= 4 is 0 Å². The molecule has 1 fully saturated rings. The van der Waals surface area contributed by atoms with Crippen molar-refractivity contribution in [3.05, 3.63) is 35.1 Å². The molecule has 0 spiro atoms. The molecule has 0 aromatic heterocycles. The van der Waals surface area contributed by atoms with Crippen molar-refractivity contribution in [3.8, 4) is 0 Å². The number of nitrogens with two attached hydrogens (primary N) is 1. The summed E-state index contributed by atoms with van der Waals surface area (Å²) >= 11 is 0. The molecule has 2 atom stereocenters. The number of halogens is 3. The molecule has 2 unspecified atom stereocenters. The van der Waals surface area contributed by atoms with Crippen LogP contribution in [0.1, 0.15) is 43.7 Å². The normalized spacial score (nSPS) is 20.7. The lowest BCUT2D eigenvalue weighted by molar-refractivity contribution is 0.101. The van der Waals surface area contributed by atoms with E-state index in [1.807, 2.05) is 0 Å². The quantitative estimate of drug-likeness (QED) is 0.834. The average Bonchev–Trinajstić information content (AvgIpc) is 2.89. The molecule has 0 amide bonds. The Labute approximate surface area is 110 Å². The molecular formula is C14H18F3NO. The van der Waals surface area contributed by atoms with E-state index in [2.05, 4.69) is 0 Å². The molecular weight excluding hydrogens is 255 g/mol. The second-order valence-corrected chi connectivity index (χ2v) is 4.94. The van der Waals surface area contributed by atoms with Crippen molar-refractivity contribution in [1.82, 2.24) is 0 Å². The maximum Gasteiger partial charge on any atom is 0.194 e. The summed E-state index contributed by atoms with van der Waals surface area (Å²) < 4.78 is 44.9. The largest absolute Gasteiger partial charge is 0.378 e. The van der Waals surface area contributed by atoms with E-state index >= 15 is 0 Å². The van der Waals surface area contributed by atoms with E-state index in [1.165, 1.54) is 6.07 Å². The summed E-state index contributed by atoms with van der Waals surface area (Å²) in [5.74, 6) is -3.82. The third-order valence-corrected chi connectivity index (χ3v) is 3.53. The van der Waals surface area contributed by atoms with Crippen LogP contribution >= 0.6 is 0 Å². The van der Waals surface area contributed by atoms with Gasteiger partial charge in [-0.3, -0.25) is 0 Å². The van der Waals surface area contributed by atoms with Crippen LogP contribution in [0.5, 0.6) is 0 Å². The minimum absolute atomic E-state index is 0.0336. The molecule has 5 heteroatoms. The molecule has 0 saturated carbocycles. The third-order valence-electron chi connectivity index (χ3n) is 3.53. The third kappa shape index (κ3) is 3.48. The molecule has 2 nitrogen and oxygen atoms in total. The summed E-state index contributed by atoms with van der Waals surface area (Å²) in [5.41, 5.74) is 5.86. The number of hydrogen-bond acceptors (Lipinski definition) is 2. The Morgan fingerprint density at radius 2 is 2.05 bits per heavy atom. The maximum absolute atomic E-state index is 13.5. The second-order valence-electron chi connectivity index (χ2n) is 4.94. The predicted molar refractivity (Wildman–Crippen MR) is 66.1 cm³/mol. The summed E-state index contributed by atoms with van der Waals surface area (Å²) in [5, 5.41) is 0. The van der Waals surface area contributed by atoms with Crippen molar-refractivity contribution in [3.63, 3.8) is 0 Å². The molecule has 1 aliphatic heterocycles. The Kier molecular flexibility index (Phi) is 4.82. The number of rotatable bonds is 5. The van der Waals surface area contributed by atoms with Crippen LogP contribution in [-0.4, -0.2) is 12.7 Å². The van der Waals surface area contributed by atoms with Gasteiger partial charge in [-0.25, -0.2) is 13.2 Å². The Bertz CT molecular complexity index is 433. The van der Waals surface area contributed by atoms with Crippen molar-refractivity contribution in [2.24, 2.45) is 5.73 Å². The Hall–Kier alpha value is -1.07. The van der Waals surface area contributed by atoms with Crippen LogP contribution in [0.2, 0.25) is 0 Å². The molecule has 2 N–H and O–H groups in total. The van der Waals surface area contributed by atoms with Gasteiger partial charge in [0, 0.05) is 18.2 Å². The van der Waals surface area contributed by atoms with Crippen LogP contribution in [0.15, 0.2) is 12.1 Å². The van der Waals surface area contributed by atoms with E-state index in [1.54, 1.807) is 0 Å². The van der Waals surface area contributed by atoms with Gasteiger partial charge < -0.3 is 10.5 Å². The van der Waals surface area contributed by atoms with Gasteiger partial charge in [0.2, 0.25) is 0 Å². The standard InChI is InChI=1S/C14H18F3NO/c15-11-7-6-10(13(16)14(11)17)12(18)5-1-3-9-4-2-8-19-9/h6-7,9,12H,1-5,8,18H2. The minimum atomic E-state index is -1.45. The summed E-state index contributed by atoms with van der Waals surface area (Å²) in [7, 11) is 0. The lowest BCUT2D eigenvalue weighted by atomic mass is 9.99. The SMILES string of the molecule is NC(CCCC1CCCO1)c1ccc(F)c(F)c1F. The van der Waals surface area contributed by atoms with E-state index in [0.29, 0.717) is 6.42 Å². The van der Waals surface area contributed by atoms with Gasteiger partial charge in [0.1, 0.15) is 0 Å². The zero-order valence-corrected chi connectivity index (χ0v) is 10.7. The maximum atomic E-state index is 13.5.